The Balaban J connectivity index is 1.73. The Morgan fingerprint density at radius 3 is 2.57 bits per heavy atom. The topological polar surface area (TPSA) is 75.4 Å². The van der Waals surface area contributed by atoms with Crippen molar-refractivity contribution in [2.75, 3.05) is 6.54 Å². The third kappa shape index (κ3) is 3.74. The van der Waals surface area contributed by atoms with Crippen molar-refractivity contribution in [1.82, 2.24) is 14.5 Å². The number of imidazole rings is 1. The van der Waals surface area contributed by atoms with E-state index in [4.69, 9.17) is 0 Å². The second kappa shape index (κ2) is 8.32. The molecule has 4 rings (SSSR count). The maximum absolute atomic E-state index is 14.0. The van der Waals surface area contributed by atoms with Gasteiger partial charge < -0.3 is 14.6 Å². The minimum atomic E-state index is -0.858. The Morgan fingerprint density at radius 1 is 1.07 bits per heavy atom. The number of aromatic nitrogens is 2. The summed E-state index contributed by atoms with van der Waals surface area (Å²) >= 11 is 0. The summed E-state index contributed by atoms with van der Waals surface area (Å²) in [5, 5.41) is 10.9. The SMILES string of the molecule is O=C1C(=O)N(CCCn2ccnc2)C(c2cccc(F)c2)C1=C(O)c1ccccc1. The number of aliphatic hydroxyl groups excluding tert-OH is 1. The van der Waals surface area contributed by atoms with Crippen LogP contribution in [0.2, 0.25) is 0 Å². The van der Waals surface area contributed by atoms with E-state index < -0.39 is 23.5 Å². The summed E-state index contributed by atoms with van der Waals surface area (Å²) in [4.78, 5) is 31.1. The smallest absolute Gasteiger partial charge is 0.295 e. The number of hydrogen-bond donors (Lipinski definition) is 1. The van der Waals surface area contributed by atoms with E-state index >= 15 is 0 Å². The van der Waals surface area contributed by atoms with Gasteiger partial charge in [-0.05, 0) is 24.1 Å². The third-order valence-corrected chi connectivity index (χ3v) is 5.13. The van der Waals surface area contributed by atoms with E-state index in [1.54, 1.807) is 48.9 Å². The molecule has 0 saturated carbocycles. The number of aryl methyl sites for hydroxylation is 1. The summed E-state index contributed by atoms with van der Waals surface area (Å²) in [5.74, 6) is -2.21. The van der Waals surface area contributed by atoms with Crippen molar-refractivity contribution in [2.45, 2.75) is 19.0 Å². The van der Waals surface area contributed by atoms with Crippen molar-refractivity contribution in [3.05, 3.63) is 95.8 Å². The number of ketones is 1. The van der Waals surface area contributed by atoms with Gasteiger partial charge in [-0.2, -0.15) is 0 Å². The fourth-order valence-electron chi connectivity index (χ4n) is 3.73. The van der Waals surface area contributed by atoms with E-state index in [9.17, 15) is 19.1 Å². The molecule has 1 atom stereocenters. The number of likely N-dealkylation sites (tertiary alicyclic amines) is 1. The molecule has 7 heteroatoms. The first kappa shape index (κ1) is 19.6. The van der Waals surface area contributed by atoms with Gasteiger partial charge in [0.2, 0.25) is 0 Å². The van der Waals surface area contributed by atoms with Crippen LogP contribution in [0.1, 0.15) is 23.6 Å². The van der Waals surface area contributed by atoms with Gasteiger partial charge in [0.1, 0.15) is 11.6 Å². The summed E-state index contributed by atoms with van der Waals surface area (Å²) in [6.45, 7) is 0.882. The van der Waals surface area contributed by atoms with Gasteiger partial charge in [0.15, 0.2) is 0 Å². The number of benzene rings is 2. The molecule has 152 valence electrons. The standard InChI is InChI=1S/C23H20FN3O3/c24-18-9-4-8-17(14-18)20-19(21(28)16-6-2-1-3-7-16)22(29)23(30)27(20)12-5-11-26-13-10-25-15-26/h1-4,6-10,13-15,20,28H,5,11-12H2. The average molecular weight is 405 g/mol. The molecular weight excluding hydrogens is 385 g/mol. The van der Waals surface area contributed by atoms with Crippen molar-refractivity contribution in [1.29, 1.82) is 0 Å². The van der Waals surface area contributed by atoms with Gasteiger partial charge in [0.25, 0.3) is 11.7 Å². The lowest BCUT2D eigenvalue weighted by atomic mass is 9.95. The first-order chi connectivity index (χ1) is 14.6. The van der Waals surface area contributed by atoms with Crippen molar-refractivity contribution < 1.29 is 19.1 Å². The molecule has 30 heavy (non-hydrogen) atoms. The molecule has 0 bridgehead atoms. The molecular formula is C23H20FN3O3. The molecule has 1 N–H and O–H groups in total. The summed E-state index contributed by atoms with van der Waals surface area (Å²) in [6, 6.07) is 13.5. The van der Waals surface area contributed by atoms with Crippen LogP contribution in [0.25, 0.3) is 5.76 Å². The Bertz CT molecular complexity index is 1090. The number of nitrogens with zero attached hydrogens (tertiary/aromatic N) is 3. The minimum Gasteiger partial charge on any atom is -0.507 e. The molecule has 2 heterocycles. The van der Waals surface area contributed by atoms with Gasteiger partial charge in [0, 0.05) is 31.0 Å². The quantitative estimate of drug-likeness (QED) is 0.387. The summed E-state index contributed by atoms with van der Waals surface area (Å²) in [5.41, 5.74) is 0.837. The number of aliphatic hydroxyl groups is 1. The van der Waals surface area contributed by atoms with Crippen LogP contribution in [-0.4, -0.2) is 37.8 Å². The molecule has 1 amide bonds. The van der Waals surface area contributed by atoms with Crippen molar-refractivity contribution in [3.63, 3.8) is 0 Å². The third-order valence-electron chi connectivity index (χ3n) is 5.13. The molecule has 1 unspecified atom stereocenters. The van der Waals surface area contributed by atoms with Gasteiger partial charge in [-0.25, -0.2) is 9.37 Å². The highest BCUT2D eigenvalue weighted by Gasteiger charge is 2.45. The van der Waals surface area contributed by atoms with E-state index in [0.29, 0.717) is 24.1 Å². The Labute approximate surface area is 172 Å². The highest BCUT2D eigenvalue weighted by molar-refractivity contribution is 6.46. The second-order valence-electron chi connectivity index (χ2n) is 7.07. The van der Waals surface area contributed by atoms with Crippen molar-refractivity contribution >= 4 is 17.4 Å². The van der Waals surface area contributed by atoms with Gasteiger partial charge >= 0.3 is 0 Å². The molecule has 1 aliphatic rings. The fraction of sp³-hybridized carbons (Fsp3) is 0.174. The van der Waals surface area contributed by atoms with E-state index in [2.05, 4.69) is 4.98 Å². The highest BCUT2D eigenvalue weighted by Crippen LogP contribution is 2.39. The Hall–Kier alpha value is -3.74. The molecule has 0 spiro atoms. The molecule has 1 fully saturated rings. The number of Topliss-reactive ketones (excluding diaryl/α,β-unsaturated/α-hetero) is 1. The maximum atomic E-state index is 14.0. The van der Waals surface area contributed by atoms with Crippen molar-refractivity contribution in [2.24, 2.45) is 0 Å². The molecule has 0 radical (unpaired) electrons. The fourth-order valence-corrected chi connectivity index (χ4v) is 3.73. The molecule has 6 nitrogen and oxygen atoms in total. The molecule has 1 saturated heterocycles. The first-order valence-electron chi connectivity index (χ1n) is 9.61. The number of hydrogen-bond acceptors (Lipinski definition) is 4. The lowest BCUT2D eigenvalue weighted by Crippen LogP contribution is -2.31. The zero-order valence-corrected chi connectivity index (χ0v) is 16.1. The van der Waals surface area contributed by atoms with E-state index in [1.807, 2.05) is 10.8 Å². The first-order valence-corrected chi connectivity index (χ1v) is 9.61. The van der Waals surface area contributed by atoms with Gasteiger partial charge in [-0.3, -0.25) is 9.59 Å². The lowest BCUT2D eigenvalue weighted by Gasteiger charge is -2.25. The van der Waals surface area contributed by atoms with Crippen LogP contribution in [-0.2, 0) is 16.1 Å². The Morgan fingerprint density at radius 2 is 1.87 bits per heavy atom. The predicted molar refractivity (Wildman–Crippen MR) is 109 cm³/mol. The van der Waals surface area contributed by atoms with E-state index in [0.717, 1.165) is 0 Å². The lowest BCUT2D eigenvalue weighted by molar-refractivity contribution is -0.139. The average Bonchev–Trinajstić information content (AvgIpc) is 3.36. The summed E-state index contributed by atoms with van der Waals surface area (Å²) in [6.07, 6.45) is 5.72. The van der Waals surface area contributed by atoms with Crippen LogP contribution in [0, 0.1) is 5.82 Å². The number of amides is 1. The van der Waals surface area contributed by atoms with Crippen LogP contribution in [0.15, 0.2) is 78.9 Å². The van der Waals surface area contributed by atoms with Gasteiger partial charge in [0.05, 0.1) is 17.9 Å². The largest absolute Gasteiger partial charge is 0.507 e. The molecule has 1 aliphatic heterocycles. The predicted octanol–water partition coefficient (Wildman–Crippen LogP) is 3.53. The number of rotatable bonds is 6. The molecule has 3 aromatic rings. The molecule has 0 aliphatic carbocycles. The molecule has 2 aromatic carbocycles. The normalized spacial score (nSPS) is 18.2. The highest BCUT2D eigenvalue weighted by atomic mass is 19.1. The second-order valence-corrected chi connectivity index (χ2v) is 7.07. The van der Waals surface area contributed by atoms with Gasteiger partial charge in [-0.15, -0.1) is 0 Å². The zero-order valence-electron chi connectivity index (χ0n) is 16.1. The number of carbonyl (C=O) groups excluding carboxylic acids is 2. The minimum absolute atomic E-state index is 0.0283. The zero-order chi connectivity index (χ0) is 21.1. The van der Waals surface area contributed by atoms with Crippen LogP contribution in [0.3, 0.4) is 0 Å². The Kier molecular flexibility index (Phi) is 5.43. The summed E-state index contributed by atoms with van der Waals surface area (Å²) < 4.78 is 15.8. The van der Waals surface area contributed by atoms with Crippen LogP contribution in [0.4, 0.5) is 4.39 Å². The summed E-state index contributed by atoms with van der Waals surface area (Å²) in [7, 11) is 0. The van der Waals surface area contributed by atoms with Crippen molar-refractivity contribution in [3.8, 4) is 0 Å². The van der Waals surface area contributed by atoms with Crippen LogP contribution in [0.5, 0.6) is 0 Å². The monoisotopic (exact) mass is 405 g/mol. The van der Waals surface area contributed by atoms with Gasteiger partial charge in [-0.1, -0.05) is 42.5 Å². The van der Waals surface area contributed by atoms with Crippen LogP contribution < -0.4 is 0 Å². The van der Waals surface area contributed by atoms with E-state index in [-0.39, 0.29) is 17.9 Å². The molecule has 1 aromatic heterocycles. The number of halogens is 1. The number of carbonyl (C=O) groups is 2. The maximum Gasteiger partial charge on any atom is 0.295 e. The van der Waals surface area contributed by atoms with E-state index in [1.165, 1.54) is 23.1 Å². The van der Waals surface area contributed by atoms with Crippen LogP contribution >= 0.6 is 0 Å².